The number of nitrogens with one attached hydrogen (secondary N) is 1. The van der Waals surface area contributed by atoms with E-state index in [-0.39, 0.29) is 11.2 Å². The van der Waals surface area contributed by atoms with E-state index in [0.29, 0.717) is 12.3 Å². The number of rotatable bonds is 8. The molecule has 0 saturated carbocycles. The van der Waals surface area contributed by atoms with Crippen molar-refractivity contribution >= 4 is 11.8 Å². The monoisotopic (exact) mass is 336 g/mol. The SMILES string of the molecule is CN(C)CCCCCCOC(=O)Nc1cc(C(C)(C)C)ccc1O. The highest BCUT2D eigenvalue weighted by Crippen LogP contribution is 2.30. The van der Waals surface area contributed by atoms with Gasteiger partial charge in [0, 0.05) is 0 Å². The molecule has 1 amide bonds. The van der Waals surface area contributed by atoms with Crippen molar-refractivity contribution in [2.24, 2.45) is 0 Å². The van der Waals surface area contributed by atoms with Gasteiger partial charge >= 0.3 is 6.09 Å². The molecule has 0 radical (unpaired) electrons. The molecule has 0 fully saturated rings. The van der Waals surface area contributed by atoms with Gasteiger partial charge in [0.15, 0.2) is 0 Å². The van der Waals surface area contributed by atoms with Crippen LogP contribution in [0.3, 0.4) is 0 Å². The summed E-state index contributed by atoms with van der Waals surface area (Å²) in [6, 6.07) is 5.25. The summed E-state index contributed by atoms with van der Waals surface area (Å²) >= 11 is 0. The first-order valence-electron chi connectivity index (χ1n) is 8.62. The lowest BCUT2D eigenvalue weighted by molar-refractivity contribution is 0.159. The topological polar surface area (TPSA) is 61.8 Å². The Kier molecular flexibility index (Phi) is 8.05. The van der Waals surface area contributed by atoms with E-state index in [0.717, 1.165) is 37.8 Å². The molecule has 136 valence electrons. The van der Waals surface area contributed by atoms with Gasteiger partial charge in [-0.15, -0.1) is 0 Å². The molecule has 5 nitrogen and oxygen atoms in total. The zero-order valence-corrected chi connectivity index (χ0v) is 15.7. The summed E-state index contributed by atoms with van der Waals surface area (Å²) in [5, 5.41) is 12.5. The third kappa shape index (κ3) is 7.68. The van der Waals surface area contributed by atoms with Gasteiger partial charge in [-0.25, -0.2) is 4.79 Å². The molecule has 0 atom stereocenters. The maximum absolute atomic E-state index is 11.9. The number of hydrogen-bond acceptors (Lipinski definition) is 4. The Bertz CT molecular complexity index is 522. The Balaban J connectivity index is 2.35. The third-order valence-corrected chi connectivity index (χ3v) is 3.83. The highest BCUT2D eigenvalue weighted by Gasteiger charge is 2.16. The minimum Gasteiger partial charge on any atom is -0.506 e. The first-order chi connectivity index (χ1) is 11.2. The van der Waals surface area contributed by atoms with Gasteiger partial charge in [0.25, 0.3) is 0 Å². The molecule has 0 saturated heterocycles. The van der Waals surface area contributed by atoms with E-state index in [4.69, 9.17) is 4.74 Å². The Morgan fingerprint density at radius 2 is 1.83 bits per heavy atom. The molecule has 5 heteroatoms. The molecule has 1 aromatic carbocycles. The molecule has 0 bridgehead atoms. The zero-order chi connectivity index (χ0) is 18.2. The van der Waals surface area contributed by atoms with Crippen LogP contribution in [0.25, 0.3) is 0 Å². The highest BCUT2D eigenvalue weighted by atomic mass is 16.5. The molecule has 0 aliphatic heterocycles. The van der Waals surface area contributed by atoms with E-state index in [2.05, 4.69) is 45.1 Å². The molecule has 24 heavy (non-hydrogen) atoms. The molecular formula is C19H32N2O3. The predicted octanol–water partition coefficient (Wildman–Crippen LogP) is 4.36. The van der Waals surface area contributed by atoms with Crippen molar-refractivity contribution in [3.8, 4) is 5.75 Å². The lowest BCUT2D eigenvalue weighted by Gasteiger charge is -2.20. The lowest BCUT2D eigenvalue weighted by Crippen LogP contribution is -2.16. The summed E-state index contributed by atoms with van der Waals surface area (Å²) in [6.45, 7) is 7.73. The lowest BCUT2D eigenvalue weighted by atomic mass is 9.87. The van der Waals surface area contributed by atoms with Gasteiger partial charge in [0.1, 0.15) is 5.75 Å². The number of carbonyl (C=O) groups is 1. The maximum Gasteiger partial charge on any atom is 0.411 e. The van der Waals surface area contributed by atoms with Crippen molar-refractivity contribution in [1.29, 1.82) is 0 Å². The average Bonchev–Trinajstić information content (AvgIpc) is 2.47. The summed E-state index contributed by atoms with van der Waals surface area (Å²) < 4.78 is 5.18. The fourth-order valence-corrected chi connectivity index (χ4v) is 2.30. The van der Waals surface area contributed by atoms with Gasteiger partial charge in [-0.05, 0) is 56.6 Å². The fraction of sp³-hybridized carbons (Fsp3) is 0.632. The second-order valence-corrected chi connectivity index (χ2v) is 7.46. The predicted molar refractivity (Wildman–Crippen MR) is 98.8 cm³/mol. The fourth-order valence-electron chi connectivity index (χ4n) is 2.30. The number of phenolic OH excluding ortho intramolecular Hbond substituents is 1. The molecule has 0 heterocycles. The molecule has 1 aromatic rings. The average molecular weight is 336 g/mol. The number of unbranched alkanes of at least 4 members (excludes halogenated alkanes) is 3. The number of amides is 1. The van der Waals surface area contributed by atoms with Crippen molar-refractivity contribution in [3.63, 3.8) is 0 Å². The van der Waals surface area contributed by atoms with Crippen molar-refractivity contribution in [1.82, 2.24) is 4.90 Å². The van der Waals surface area contributed by atoms with Crippen LogP contribution in [0.2, 0.25) is 0 Å². The first-order valence-corrected chi connectivity index (χ1v) is 8.62. The van der Waals surface area contributed by atoms with Gasteiger partial charge < -0.3 is 14.7 Å². The number of aromatic hydroxyl groups is 1. The van der Waals surface area contributed by atoms with Crippen LogP contribution < -0.4 is 5.32 Å². The number of phenols is 1. The second kappa shape index (κ2) is 9.52. The second-order valence-electron chi connectivity index (χ2n) is 7.46. The van der Waals surface area contributed by atoms with E-state index in [1.165, 1.54) is 0 Å². The van der Waals surface area contributed by atoms with Crippen molar-refractivity contribution in [2.75, 3.05) is 32.6 Å². The maximum atomic E-state index is 11.9. The standard InChI is InChI=1S/C19H32N2O3/c1-19(2,3)15-10-11-17(22)16(14-15)20-18(23)24-13-9-7-6-8-12-21(4)5/h10-11,14,22H,6-9,12-13H2,1-5H3,(H,20,23). The molecule has 0 aliphatic rings. The van der Waals surface area contributed by atoms with Crippen molar-refractivity contribution in [3.05, 3.63) is 23.8 Å². The van der Waals surface area contributed by atoms with Crippen LogP contribution in [0.1, 0.15) is 52.0 Å². The van der Waals surface area contributed by atoms with Crippen LogP contribution in [-0.2, 0) is 10.2 Å². The number of nitrogens with zero attached hydrogens (tertiary/aromatic N) is 1. The first kappa shape index (κ1) is 20.3. The Hall–Kier alpha value is -1.75. The summed E-state index contributed by atoms with van der Waals surface area (Å²) in [6.07, 6.45) is 3.68. The number of benzene rings is 1. The van der Waals surface area contributed by atoms with Crippen LogP contribution in [0.15, 0.2) is 18.2 Å². The number of ether oxygens (including phenoxy) is 1. The minimum atomic E-state index is -0.523. The normalized spacial score (nSPS) is 11.6. The zero-order valence-electron chi connectivity index (χ0n) is 15.7. The Morgan fingerprint density at radius 3 is 2.46 bits per heavy atom. The molecule has 0 aromatic heterocycles. The summed E-state index contributed by atoms with van der Waals surface area (Å²) in [5.74, 6) is 0.0450. The molecule has 0 unspecified atom stereocenters. The molecular weight excluding hydrogens is 304 g/mol. The summed E-state index contributed by atoms with van der Waals surface area (Å²) in [5.41, 5.74) is 1.37. The highest BCUT2D eigenvalue weighted by molar-refractivity contribution is 5.86. The van der Waals surface area contributed by atoms with Crippen LogP contribution in [0.4, 0.5) is 10.5 Å². The Morgan fingerprint density at radius 1 is 1.17 bits per heavy atom. The number of carbonyl (C=O) groups excluding carboxylic acids is 1. The smallest absolute Gasteiger partial charge is 0.411 e. The van der Waals surface area contributed by atoms with Crippen LogP contribution in [0.5, 0.6) is 5.75 Å². The van der Waals surface area contributed by atoms with Crippen LogP contribution in [0, 0.1) is 0 Å². The Labute approximate surface area is 146 Å². The molecule has 0 spiro atoms. The van der Waals surface area contributed by atoms with E-state index in [9.17, 15) is 9.90 Å². The summed E-state index contributed by atoms with van der Waals surface area (Å²) in [7, 11) is 4.13. The van der Waals surface area contributed by atoms with E-state index in [1.807, 2.05) is 6.07 Å². The molecule has 2 N–H and O–H groups in total. The van der Waals surface area contributed by atoms with E-state index >= 15 is 0 Å². The third-order valence-electron chi connectivity index (χ3n) is 3.83. The number of hydrogen-bond donors (Lipinski definition) is 2. The van der Waals surface area contributed by atoms with Gasteiger partial charge in [0.2, 0.25) is 0 Å². The van der Waals surface area contributed by atoms with Gasteiger partial charge in [-0.1, -0.05) is 39.7 Å². The largest absolute Gasteiger partial charge is 0.506 e. The quantitative estimate of drug-likeness (QED) is 0.547. The van der Waals surface area contributed by atoms with Crippen molar-refractivity contribution < 1.29 is 14.6 Å². The van der Waals surface area contributed by atoms with E-state index < -0.39 is 6.09 Å². The number of anilines is 1. The minimum absolute atomic E-state index is 0.0450. The van der Waals surface area contributed by atoms with Crippen molar-refractivity contribution in [2.45, 2.75) is 51.9 Å². The van der Waals surface area contributed by atoms with Gasteiger partial charge in [-0.3, -0.25) is 5.32 Å². The molecule has 0 aliphatic carbocycles. The van der Waals surface area contributed by atoms with Gasteiger partial charge in [0.05, 0.1) is 12.3 Å². The van der Waals surface area contributed by atoms with Crippen LogP contribution >= 0.6 is 0 Å². The van der Waals surface area contributed by atoms with Gasteiger partial charge in [-0.2, -0.15) is 0 Å². The van der Waals surface area contributed by atoms with Crippen LogP contribution in [-0.4, -0.2) is 43.3 Å². The van der Waals surface area contributed by atoms with E-state index in [1.54, 1.807) is 12.1 Å². The molecule has 1 rings (SSSR count). The summed E-state index contributed by atoms with van der Waals surface area (Å²) in [4.78, 5) is 14.0.